The molecule has 4 unspecified atom stereocenters. The van der Waals surface area contributed by atoms with Crippen LogP contribution in [0.5, 0.6) is 0 Å². The van der Waals surface area contributed by atoms with Gasteiger partial charge < -0.3 is 20.5 Å². The molecule has 186 valence electrons. The highest BCUT2D eigenvalue weighted by Gasteiger charge is 2.32. The Bertz CT molecular complexity index is 1040. The Kier molecular flexibility index (Phi) is 7.73. The second-order valence-corrected chi connectivity index (χ2v) is 9.78. The number of aliphatic carboxylic acids is 1. The van der Waals surface area contributed by atoms with Crippen LogP contribution in [0.15, 0.2) is 48.5 Å². The number of rotatable bonds is 8. The molecule has 4 rings (SSSR count). The molecule has 2 aliphatic carbocycles. The van der Waals surface area contributed by atoms with Gasteiger partial charge in [-0.3, -0.25) is 9.59 Å². The fourth-order valence-electron chi connectivity index (χ4n) is 5.35. The fourth-order valence-corrected chi connectivity index (χ4v) is 5.35. The van der Waals surface area contributed by atoms with Gasteiger partial charge in [0.25, 0.3) is 0 Å². The lowest BCUT2D eigenvalue weighted by molar-refractivity contribution is -0.145. The fraction of sp³-hybridized carbons (Fsp3) is 0.464. The Labute approximate surface area is 206 Å². The predicted octanol–water partition coefficient (Wildman–Crippen LogP) is 4.56. The average molecular weight is 479 g/mol. The van der Waals surface area contributed by atoms with Crippen molar-refractivity contribution < 1.29 is 24.2 Å². The van der Waals surface area contributed by atoms with Crippen LogP contribution in [0.4, 0.5) is 4.79 Å². The smallest absolute Gasteiger partial charge is 0.407 e. The summed E-state index contributed by atoms with van der Waals surface area (Å²) in [4.78, 5) is 36.7. The molecule has 0 aromatic heterocycles. The van der Waals surface area contributed by atoms with E-state index in [1.165, 1.54) is 11.1 Å². The van der Waals surface area contributed by atoms with Gasteiger partial charge in [0.15, 0.2) is 0 Å². The van der Waals surface area contributed by atoms with Gasteiger partial charge in [-0.2, -0.15) is 0 Å². The number of ether oxygens (including phenoxy) is 1. The van der Waals surface area contributed by atoms with Crippen LogP contribution in [-0.2, 0) is 14.3 Å². The second kappa shape index (κ2) is 10.9. The van der Waals surface area contributed by atoms with E-state index in [-0.39, 0.29) is 24.3 Å². The van der Waals surface area contributed by atoms with Crippen molar-refractivity contribution in [3.63, 3.8) is 0 Å². The predicted molar refractivity (Wildman–Crippen MR) is 133 cm³/mol. The number of fused-ring (bicyclic) bond motifs is 3. The summed E-state index contributed by atoms with van der Waals surface area (Å²) in [5, 5.41) is 15.1. The molecule has 2 aromatic carbocycles. The third-order valence-corrected chi connectivity index (χ3v) is 7.62. The largest absolute Gasteiger partial charge is 0.481 e. The Morgan fingerprint density at radius 1 is 0.971 bits per heavy atom. The molecule has 0 heterocycles. The molecule has 35 heavy (non-hydrogen) atoms. The Morgan fingerprint density at radius 2 is 1.57 bits per heavy atom. The number of hydrogen-bond acceptors (Lipinski definition) is 4. The zero-order chi connectivity index (χ0) is 24.9. The van der Waals surface area contributed by atoms with Crippen LogP contribution in [-0.4, -0.2) is 42.3 Å². The lowest BCUT2D eigenvalue weighted by atomic mass is 9.79. The third-order valence-electron chi connectivity index (χ3n) is 7.62. The topological polar surface area (TPSA) is 105 Å². The number of carbonyl (C=O) groups is 3. The first-order chi connectivity index (χ1) is 16.9. The summed E-state index contributed by atoms with van der Waals surface area (Å²) in [6, 6.07) is 15.9. The van der Waals surface area contributed by atoms with Crippen molar-refractivity contribution in [1.82, 2.24) is 10.6 Å². The number of hydrogen-bond donors (Lipinski definition) is 3. The molecule has 2 amide bonds. The van der Waals surface area contributed by atoms with Crippen LogP contribution in [0.2, 0.25) is 0 Å². The summed E-state index contributed by atoms with van der Waals surface area (Å²) >= 11 is 0. The molecule has 7 nitrogen and oxygen atoms in total. The van der Waals surface area contributed by atoms with E-state index in [1.807, 2.05) is 24.3 Å². The van der Waals surface area contributed by atoms with Crippen LogP contribution in [0, 0.1) is 17.8 Å². The average Bonchev–Trinajstić information content (AvgIpc) is 3.19. The highest BCUT2D eigenvalue weighted by atomic mass is 16.5. The van der Waals surface area contributed by atoms with Crippen LogP contribution >= 0.6 is 0 Å². The van der Waals surface area contributed by atoms with E-state index in [2.05, 4.69) is 34.9 Å². The summed E-state index contributed by atoms with van der Waals surface area (Å²) in [7, 11) is 0. The summed E-state index contributed by atoms with van der Waals surface area (Å²) in [5.41, 5.74) is 4.62. The summed E-state index contributed by atoms with van der Waals surface area (Å²) in [6.07, 6.45) is 2.81. The molecule has 7 heteroatoms. The number of amides is 2. The van der Waals surface area contributed by atoms with E-state index in [0.717, 1.165) is 30.4 Å². The minimum atomic E-state index is -0.790. The van der Waals surface area contributed by atoms with Crippen LogP contribution in [0.3, 0.4) is 0 Å². The molecule has 1 saturated carbocycles. The van der Waals surface area contributed by atoms with E-state index in [9.17, 15) is 19.5 Å². The number of carbonyl (C=O) groups excluding carboxylic acids is 2. The molecule has 3 N–H and O–H groups in total. The van der Waals surface area contributed by atoms with E-state index < -0.39 is 29.9 Å². The van der Waals surface area contributed by atoms with Crippen molar-refractivity contribution in [2.45, 2.75) is 51.5 Å². The number of alkyl carbamates (subject to hydrolysis) is 1. The maximum atomic E-state index is 12.7. The van der Waals surface area contributed by atoms with Crippen molar-refractivity contribution in [1.29, 1.82) is 0 Å². The lowest BCUT2D eigenvalue weighted by Gasteiger charge is -2.29. The molecular formula is C28H34N2O5. The first kappa shape index (κ1) is 24.8. The molecular weight excluding hydrogens is 444 g/mol. The minimum absolute atomic E-state index is 0.0261. The Morgan fingerprint density at radius 3 is 2.20 bits per heavy atom. The SMILES string of the molecule is CC(NC(=O)OCC1c2ccccc2-c2ccccc21)C(C)C(=O)NCC1CCCCC1C(=O)O. The van der Waals surface area contributed by atoms with Gasteiger partial charge >= 0.3 is 12.1 Å². The summed E-state index contributed by atoms with van der Waals surface area (Å²) < 4.78 is 5.59. The minimum Gasteiger partial charge on any atom is -0.481 e. The number of benzene rings is 2. The van der Waals surface area contributed by atoms with Gasteiger partial charge in [0.05, 0.1) is 11.8 Å². The zero-order valence-electron chi connectivity index (χ0n) is 20.3. The molecule has 1 fully saturated rings. The highest BCUT2D eigenvalue weighted by molar-refractivity contribution is 5.81. The molecule has 4 atom stereocenters. The lowest BCUT2D eigenvalue weighted by Crippen LogP contribution is -2.46. The molecule has 2 aromatic rings. The van der Waals surface area contributed by atoms with Gasteiger partial charge in [-0.15, -0.1) is 0 Å². The Hall–Kier alpha value is -3.35. The highest BCUT2D eigenvalue weighted by Crippen LogP contribution is 2.44. The van der Waals surface area contributed by atoms with Crippen molar-refractivity contribution in [3.8, 4) is 11.1 Å². The van der Waals surface area contributed by atoms with E-state index >= 15 is 0 Å². The molecule has 0 bridgehead atoms. The van der Waals surface area contributed by atoms with E-state index in [1.54, 1.807) is 13.8 Å². The molecule has 2 aliphatic rings. The van der Waals surface area contributed by atoms with Crippen LogP contribution < -0.4 is 10.6 Å². The number of nitrogens with one attached hydrogen (secondary N) is 2. The Balaban J connectivity index is 1.28. The van der Waals surface area contributed by atoms with Gasteiger partial charge in [0.2, 0.25) is 5.91 Å². The molecule has 0 saturated heterocycles. The zero-order valence-corrected chi connectivity index (χ0v) is 20.3. The van der Waals surface area contributed by atoms with E-state index in [0.29, 0.717) is 13.0 Å². The summed E-state index contributed by atoms with van der Waals surface area (Å²) in [6.45, 7) is 4.08. The summed E-state index contributed by atoms with van der Waals surface area (Å²) in [5.74, 6) is -1.96. The van der Waals surface area contributed by atoms with Gasteiger partial charge in [-0.25, -0.2) is 4.79 Å². The van der Waals surface area contributed by atoms with Crippen LogP contribution in [0.1, 0.15) is 56.6 Å². The number of carboxylic acid groups (broad SMARTS) is 1. The maximum absolute atomic E-state index is 12.7. The monoisotopic (exact) mass is 478 g/mol. The van der Waals surface area contributed by atoms with Gasteiger partial charge in [0.1, 0.15) is 6.61 Å². The van der Waals surface area contributed by atoms with Crippen molar-refractivity contribution in [3.05, 3.63) is 59.7 Å². The first-order valence-electron chi connectivity index (χ1n) is 12.5. The second-order valence-electron chi connectivity index (χ2n) is 9.78. The first-order valence-corrected chi connectivity index (χ1v) is 12.5. The van der Waals surface area contributed by atoms with Crippen molar-refractivity contribution in [2.24, 2.45) is 17.8 Å². The van der Waals surface area contributed by atoms with Gasteiger partial charge in [-0.1, -0.05) is 68.3 Å². The van der Waals surface area contributed by atoms with Gasteiger partial charge in [-0.05, 0) is 47.9 Å². The molecule has 0 spiro atoms. The quantitative estimate of drug-likeness (QED) is 0.516. The van der Waals surface area contributed by atoms with Crippen LogP contribution in [0.25, 0.3) is 11.1 Å². The van der Waals surface area contributed by atoms with Crippen molar-refractivity contribution in [2.75, 3.05) is 13.2 Å². The normalized spacial score (nSPS) is 20.7. The van der Waals surface area contributed by atoms with Crippen molar-refractivity contribution >= 4 is 18.0 Å². The standard InChI is InChI=1S/C28H34N2O5/c1-17(26(31)29-15-19-9-3-4-10-20(19)27(32)33)18(2)30-28(34)35-16-25-23-13-7-5-11-21(23)22-12-6-8-14-24(22)25/h5-8,11-14,17-20,25H,3-4,9-10,15-16H2,1-2H3,(H,29,31)(H,30,34)(H,32,33). The number of carboxylic acids is 1. The molecule has 0 aliphatic heterocycles. The molecule has 0 radical (unpaired) electrons. The third kappa shape index (κ3) is 5.50. The maximum Gasteiger partial charge on any atom is 0.407 e. The van der Waals surface area contributed by atoms with E-state index in [4.69, 9.17) is 4.74 Å². The van der Waals surface area contributed by atoms with Gasteiger partial charge in [0, 0.05) is 18.5 Å².